The first kappa shape index (κ1) is 14.8. The molecule has 1 atom stereocenters. The number of nitrogens with one attached hydrogen (secondary N) is 1. The number of aryl methyl sites for hydroxylation is 1. The van der Waals surface area contributed by atoms with E-state index >= 15 is 0 Å². The molecule has 2 N–H and O–H groups in total. The van der Waals surface area contributed by atoms with E-state index in [2.05, 4.69) is 5.32 Å². The Morgan fingerprint density at radius 1 is 1.33 bits per heavy atom. The van der Waals surface area contributed by atoms with Gasteiger partial charge in [0.25, 0.3) is 0 Å². The van der Waals surface area contributed by atoms with Gasteiger partial charge in [-0.05, 0) is 18.6 Å². The van der Waals surface area contributed by atoms with Crippen LogP contribution in [0.15, 0.2) is 24.3 Å². The summed E-state index contributed by atoms with van der Waals surface area (Å²) in [6.07, 6.45) is -5.25. The maximum absolute atomic E-state index is 11.8. The molecular weight excluding hydrogens is 247 g/mol. The number of aliphatic hydroxyl groups is 1. The van der Waals surface area contributed by atoms with Crippen molar-refractivity contribution in [1.82, 2.24) is 5.32 Å². The lowest BCUT2D eigenvalue weighted by Gasteiger charge is -2.15. The molecule has 0 aromatic heterocycles. The van der Waals surface area contributed by atoms with Crippen molar-refractivity contribution in [3.05, 3.63) is 29.8 Å². The van der Waals surface area contributed by atoms with E-state index in [1.807, 2.05) is 19.1 Å². The van der Waals surface area contributed by atoms with Crippen LogP contribution in [0.1, 0.15) is 5.56 Å². The molecule has 0 fully saturated rings. The van der Waals surface area contributed by atoms with Crippen molar-refractivity contribution in [3.63, 3.8) is 0 Å². The van der Waals surface area contributed by atoms with Crippen molar-refractivity contribution >= 4 is 0 Å². The topological polar surface area (TPSA) is 41.5 Å². The smallest absolute Gasteiger partial charge is 0.401 e. The average Bonchev–Trinajstić information content (AvgIpc) is 2.26. The molecule has 0 aliphatic rings. The molecule has 1 rings (SSSR count). The Morgan fingerprint density at radius 2 is 2.00 bits per heavy atom. The van der Waals surface area contributed by atoms with Crippen molar-refractivity contribution in [2.75, 3.05) is 19.7 Å². The number of ether oxygens (including phenoxy) is 1. The normalized spacial score (nSPS) is 13.4. The molecule has 0 heterocycles. The molecule has 1 aromatic rings. The summed E-state index contributed by atoms with van der Waals surface area (Å²) < 4.78 is 40.8. The molecule has 102 valence electrons. The number of hydrogen-bond donors (Lipinski definition) is 2. The molecule has 6 heteroatoms. The van der Waals surface area contributed by atoms with Gasteiger partial charge in [-0.15, -0.1) is 0 Å². The average molecular weight is 263 g/mol. The summed E-state index contributed by atoms with van der Waals surface area (Å²) in [5.41, 5.74) is 0.910. The minimum Gasteiger partial charge on any atom is -0.491 e. The predicted molar refractivity (Wildman–Crippen MR) is 61.6 cm³/mol. The van der Waals surface area contributed by atoms with E-state index < -0.39 is 18.8 Å². The Balaban J connectivity index is 2.25. The summed E-state index contributed by atoms with van der Waals surface area (Å²) in [5.74, 6) is 0.618. The Labute approximate surface area is 104 Å². The van der Waals surface area contributed by atoms with E-state index in [0.717, 1.165) is 5.56 Å². The fourth-order valence-corrected chi connectivity index (χ4v) is 1.34. The highest BCUT2D eigenvalue weighted by atomic mass is 19.4. The van der Waals surface area contributed by atoms with Gasteiger partial charge in [-0.2, -0.15) is 13.2 Å². The molecule has 0 saturated heterocycles. The standard InChI is InChI=1S/C12H16F3NO2/c1-9-4-2-3-5-11(9)18-7-10(17)6-16-8-12(13,14)15/h2-5,10,16-17H,6-8H2,1H3. The molecule has 18 heavy (non-hydrogen) atoms. The van der Waals surface area contributed by atoms with Crippen LogP contribution in [0.5, 0.6) is 5.75 Å². The lowest BCUT2D eigenvalue weighted by Crippen LogP contribution is -2.37. The lowest BCUT2D eigenvalue weighted by atomic mass is 10.2. The van der Waals surface area contributed by atoms with Crippen LogP contribution in [0.3, 0.4) is 0 Å². The largest absolute Gasteiger partial charge is 0.491 e. The number of hydrogen-bond acceptors (Lipinski definition) is 3. The first-order valence-electron chi connectivity index (χ1n) is 5.52. The van der Waals surface area contributed by atoms with Crippen molar-refractivity contribution in [3.8, 4) is 5.75 Å². The van der Waals surface area contributed by atoms with Crippen LogP contribution in [0.4, 0.5) is 13.2 Å². The molecule has 0 amide bonds. The van der Waals surface area contributed by atoms with E-state index in [0.29, 0.717) is 5.75 Å². The number of aliphatic hydroxyl groups excluding tert-OH is 1. The number of rotatable bonds is 6. The number of benzene rings is 1. The Kier molecular flexibility index (Phi) is 5.43. The zero-order chi connectivity index (χ0) is 13.6. The zero-order valence-corrected chi connectivity index (χ0v) is 10.00. The predicted octanol–water partition coefficient (Wildman–Crippen LogP) is 1.89. The molecule has 3 nitrogen and oxygen atoms in total. The van der Waals surface area contributed by atoms with Gasteiger partial charge in [0.2, 0.25) is 0 Å². The Bertz CT molecular complexity index is 369. The fraction of sp³-hybridized carbons (Fsp3) is 0.500. The van der Waals surface area contributed by atoms with Crippen molar-refractivity contribution in [2.24, 2.45) is 0 Å². The molecule has 0 radical (unpaired) electrons. The van der Waals surface area contributed by atoms with Crippen molar-refractivity contribution < 1.29 is 23.0 Å². The number of alkyl halides is 3. The van der Waals surface area contributed by atoms with E-state index in [-0.39, 0.29) is 13.2 Å². The molecule has 1 unspecified atom stereocenters. The van der Waals surface area contributed by atoms with Gasteiger partial charge in [0, 0.05) is 6.54 Å². The highest BCUT2D eigenvalue weighted by Crippen LogP contribution is 2.16. The summed E-state index contributed by atoms with van der Waals surface area (Å²) >= 11 is 0. The zero-order valence-electron chi connectivity index (χ0n) is 10.00. The maximum Gasteiger partial charge on any atom is 0.401 e. The van der Waals surface area contributed by atoms with Crippen molar-refractivity contribution in [1.29, 1.82) is 0 Å². The third kappa shape index (κ3) is 5.88. The minimum atomic E-state index is -4.27. The Morgan fingerprint density at radius 3 is 2.61 bits per heavy atom. The van der Waals surface area contributed by atoms with E-state index in [1.165, 1.54) is 0 Å². The van der Waals surface area contributed by atoms with Gasteiger partial charge in [0.15, 0.2) is 0 Å². The van der Waals surface area contributed by atoms with Crippen LogP contribution in [0.2, 0.25) is 0 Å². The summed E-state index contributed by atoms with van der Waals surface area (Å²) in [6, 6.07) is 7.23. The molecule has 0 aliphatic heterocycles. The number of para-hydroxylation sites is 1. The van der Waals surface area contributed by atoms with Gasteiger partial charge in [0.1, 0.15) is 18.5 Å². The SMILES string of the molecule is Cc1ccccc1OCC(O)CNCC(F)(F)F. The second-order valence-corrected chi connectivity index (χ2v) is 3.98. The number of halogens is 3. The molecule has 0 bridgehead atoms. The highest BCUT2D eigenvalue weighted by Gasteiger charge is 2.26. The minimum absolute atomic E-state index is 0.0459. The third-order valence-corrected chi connectivity index (χ3v) is 2.23. The first-order valence-corrected chi connectivity index (χ1v) is 5.52. The van der Waals surface area contributed by atoms with Crippen LogP contribution in [-0.2, 0) is 0 Å². The maximum atomic E-state index is 11.8. The monoisotopic (exact) mass is 263 g/mol. The molecule has 0 spiro atoms. The molecular formula is C12H16F3NO2. The molecule has 1 aromatic carbocycles. The second-order valence-electron chi connectivity index (χ2n) is 3.98. The van der Waals surface area contributed by atoms with Crippen LogP contribution in [0, 0.1) is 6.92 Å². The van der Waals surface area contributed by atoms with Gasteiger partial charge >= 0.3 is 6.18 Å². The van der Waals surface area contributed by atoms with Crippen LogP contribution in [0.25, 0.3) is 0 Å². The third-order valence-electron chi connectivity index (χ3n) is 2.23. The summed E-state index contributed by atoms with van der Waals surface area (Å²) in [7, 11) is 0. The molecule has 0 saturated carbocycles. The van der Waals surface area contributed by atoms with Crippen LogP contribution in [-0.4, -0.2) is 37.1 Å². The summed E-state index contributed by atoms with van der Waals surface area (Å²) in [5, 5.41) is 11.6. The summed E-state index contributed by atoms with van der Waals surface area (Å²) in [6.45, 7) is 0.527. The fourth-order valence-electron chi connectivity index (χ4n) is 1.34. The van der Waals surface area contributed by atoms with Crippen molar-refractivity contribution in [2.45, 2.75) is 19.2 Å². The first-order chi connectivity index (χ1) is 8.38. The van der Waals surface area contributed by atoms with E-state index in [9.17, 15) is 18.3 Å². The van der Waals surface area contributed by atoms with Gasteiger partial charge < -0.3 is 15.2 Å². The van der Waals surface area contributed by atoms with Crippen LogP contribution < -0.4 is 10.1 Å². The van der Waals surface area contributed by atoms with Gasteiger partial charge in [0.05, 0.1) is 6.54 Å². The molecule has 0 aliphatic carbocycles. The van der Waals surface area contributed by atoms with Gasteiger partial charge in [-0.1, -0.05) is 18.2 Å². The quantitative estimate of drug-likeness (QED) is 0.823. The summed E-state index contributed by atoms with van der Waals surface area (Å²) in [4.78, 5) is 0. The van der Waals surface area contributed by atoms with E-state index in [4.69, 9.17) is 4.74 Å². The Hall–Kier alpha value is -1.27. The van der Waals surface area contributed by atoms with Gasteiger partial charge in [-0.25, -0.2) is 0 Å². The van der Waals surface area contributed by atoms with E-state index in [1.54, 1.807) is 12.1 Å². The second kappa shape index (κ2) is 6.61. The van der Waals surface area contributed by atoms with Gasteiger partial charge in [-0.3, -0.25) is 0 Å². The highest BCUT2D eigenvalue weighted by molar-refractivity contribution is 5.31. The lowest BCUT2D eigenvalue weighted by molar-refractivity contribution is -0.125. The van der Waals surface area contributed by atoms with Crippen LogP contribution >= 0.6 is 0 Å².